The van der Waals surface area contributed by atoms with E-state index in [1.807, 2.05) is 0 Å². The van der Waals surface area contributed by atoms with E-state index in [0.717, 1.165) is 12.1 Å². The maximum atomic E-state index is 13.6. The quantitative estimate of drug-likeness (QED) is 0.205. The maximum Gasteiger partial charge on any atom is 0.433 e. The maximum absolute atomic E-state index is 13.6. The molecule has 0 aliphatic carbocycles. The normalized spacial score (nSPS) is 12.3. The average molecular weight is 466 g/mol. The van der Waals surface area contributed by atoms with Crippen LogP contribution in [0.2, 0.25) is 5.02 Å². The molecule has 0 saturated carbocycles. The lowest BCUT2D eigenvalue weighted by Crippen LogP contribution is -2.15. The summed E-state index contributed by atoms with van der Waals surface area (Å²) in [5, 5.41) is 9.39. The van der Waals surface area contributed by atoms with Crippen LogP contribution >= 0.6 is 22.9 Å². The van der Waals surface area contributed by atoms with Crippen molar-refractivity contribution < 1.29 is 22.8 Å². The summed E-state index contributed by atoms with van der Waals surface area (Å²) in [5.74, 6) is -1.13. The second-order valence-corrected chi connectivity index (χ2v) is 7.55. The van der Waals surface area contributed by atoms with Gasteiger partial charge in [0.05, 0.1) is 10.6 Å². The van der Waals surface area contributed by atoms with E-state index in [1.54, 1.807) is 17.5 Å². The highest BCUT2D eigenvalue weighted by Gasteiger charge is 2.35. The van der Waals surface area contributed by atoms with Gasteiger partial charge in [-0.2, -0.15) is 18.3 Å². The smallest absolute Gasteiger partial charge is 0.380 e. The fourth-order valence-corrected chi connectivity index (χ4v) is 3.40. The molecule has 31 heavy (non-hydrogen) atoms. The third kappa shape index (κ3) is 4.37. The summed E-state index contributed by atoms with van der Waals surface area (Å²) >= 11 is 7.11. The molecule has 7 nitrogen and oxygen atoms in total. The summed E-state index contributed by atoms with van der Waals surface area (Å²) in [6.45, 7) is 0. The first kappa shape index (κ1) is 20.8. The highest BCUT2D eigenvalue weighted by molar-refractivity contribution is 7.12. The molecular weight excluding hydrogens is 455 g/mol. The highest BCUT2D eigenvalue weighted by Crippen LogP contribution is 2.32. The van der Waals surface area contributed by atoms with Crippen LogP contribution in [0, 0.1) is 0 Å². The minimum Gasteiger partial charge on any atom is -0.380 e. The van der Waals surface area contributed by atoms with Crippen LogP contribution in [-0.4, -0.2) is 26.4 Å². The Morgan fingerprint density at radius 2 is 1.94 bits per heavy atom. The van der Waals surface area contributed by atoms with Crippen molar-refractivity contribution in [2.24, 2.45) is 10.9 Å². The van der Waals surface area contributed by atoms with Gasteiger partial charge in [0, 0.05) is 16.7 Å². The van der Waals surface area contributed by atoms with Crippen LogP contribution < -0.4 is 5.73 Å². The number of alkyl halides is 3. The van der Waals surface area contributed by atoms with Gasteiger partial charge in [-0.3, -0.25) is 0 Å². The molecule has 0 amide bonds. The molecule has 0 spiro atoms. The van der Waals surface area contributed by atoms with Gasteiger partial charge in [-0.15, -0.1) is 11.3 Å². The van der Waals surface area contributed by atoms with Crippen LogP contribution in [0.4, 0.5) is 13.2 Å². The highest BCUT2D eigenvalue weighted by atomic mass is 35.5. The monoisotopic (exact) mass is 465 g/mol. The van der Waals surface area contributed by atoms with Gasteiger partial charge in [-0.1, -0.05) is 35.0 Å². The standard InChI is InChI=1S/C19H11ClF3N5O2S/c20-11-5-3-10(4-6-11)12-8-15(19(21,22)23)28-16(25-12)9-13(26-28)18(29)30-27-17(24)14-2-1-7-31-14/h1-9H,(H2,24,27). The van der Waals surface area contributed by atoms with Crippen molar-refractivity contribution in [3.8, 4) is 11.3 Å². The Morgan fingerprint density at radius 1 is 1.19 bits per heavy atom. The Balaban J connectivity index is 1.72. The number of amidine groups is 1. The van der Waals surface area contributed by atoms with E-state index in [0.29, 0.717) is 20.0 Å². The van der Waals surface area contributed by atoms with Crippen molar-refractivity contribution >= 4 is 40.4 Å². The first-order chi connectivity index (χ1) is 14.7. The Labute approximate surface area is 181 Å². The van der Waals surface area contributed by atoms with Gasteiger partial charge in [0.25, 0.3) is 0 Å². The van der Waals surface area contributed by atoms with Gasteiger partial charge in [0.2, 0.25) is 0 Å². The number of benzene rings is 1. The van der Waals surface area contributed by atoms with Crippen LogP contribution in [-0.2, 0) is 11.0 Å². The fraction of sp³-hybridized carbons (Fsp3) is 0.0526. The predicted octanol–water partition coefficient (Wildman–Crippen LogP) is 4.61. The number of hydrogen-bond acceptors (Lipinski definition) is 6. The number of halogens is 4. The number of nitrogens with zero attached hydrogens (tertiary/aromatic N) is 4. The lowest BCUT2D eigenvalue weighted by Gasteiger charge is -2.11. The van der Waals surface area contributed by atoms with Crippen molar-refractivity contribution in [3.05, 3.63) is 75.2 Å². The number of rotatable bonds is 4. The fourth-order valence-electron chi connectivity index (χ4n) is 2.65. The van der Waals surface area contributed by atoms with Crippen molar-refractivity contribution in [1.29, 1.82) is 0 Å². The number of hydrogen-bond donors (Lipinski definition) is 1. The van der Waals surface area contributed by atoms with Gasteiger partial charge in [-0.25, -0.2) is 14.3 Å². The molecule has 0 aliphatic heterocycles. The molecule has 0 bridgehead atoms. The minimum atomic E-state index is -4.75. The molecule has 2 N–H and O–H groups in total. The van der Waals surface area contributed by atoms with Crippen molar-refractivity contribution in [1.82, 2.24) is 14.6 Å². The lowest BCUT2D eigenvalue weighted by molar-refractivity contribution is -0.142. The summed E-state index contributed by atoms with van der Waals surface area (Å²) in [5.41, 5.74) is 4.45. The Morgan fingerprint density at radius 3 is 2.58 bits per heavy atom. The zero-order chi connectivity index (χ0) is 22.2. The molecule has 4 aromatic rings. The number of aromatic nitrogens is 3. The summed E-state index contributed by atoms with van der Waals surface area (Å²) in [6.07, 6.45) is -4.75. The molecular formula is C19H11ClF3N5O2S. The molecule has 0 radical (unpaired) electrons. The van der Waals surface area contributed by atoms with E-state index in [4.69, 9.17) is 22.2 Å². The van der Waals surface area contributed by atoms with Crippen LogP contribution in [0.5, 0.6) is 0 Å². The molecule has 0 saturated heterocycles. The number of thiophene rings is 1. The minimum absolute atomic E-state index is 0.0382. The van der Waals surface area contributed by atoms with E-state index in [-0.39, 0.29) is 17.2 Å². The van der Waals surface area contributed by atoms with Gasteiger partial charge >= 0.3 is 12.1 Å². The first-order valence-electron chi connectivity index (χ1n) is 8.55. The zero-order valence-corrected chi connectivity index (χ0v) is 16.9. The van der Waals surface area contributed by atoms with Crippen molar-refractivity contribution in [3.63, 3.8) is 0 Å². The Bertz CT molecular complexity index is 1280. The molecule has 0 unspecified atom stereocenters. The summed E-state index contributed by atoms with van der Waals surface area (Å²) < 4.78 is 41.4. The molecule has 3 aromatic heterocycles. The van der Waals surface area contributed by atoms with Crippen LogP contribution in [0.25, 0.3) is 16.9 Å². The van der Waals surface area contributed by atoms with Gasteiger partial charge in [0.15, 0.2) is 22.9 Å². The number of nitrogens with two attached hydrogens (primary N) is 1. The molecule has 1 aromatic carbocycles. The van der Waals surface area contributed by atoms with E-state index in [2.05, 4.69) is 15.2 Å². The molecule has 4 rings (SSSR count). The van der Waals surface area contributed by atoms with Crippen LogP contribution in [0.15, 0.2) is 59.1 Å². The SMILES string of the molecule is N/C(=N\OC(=O)c1cc2nc(-c3ccc(Cl)cc3)cc(C(F)(F)F)n2n1)c1cccs1. The summed E-state index contributed by atoms with van der Waals surface area (Å²) in [7, 11) is 0. The molecule has 0 atom stereocenters. The van der Waals surface area contributed by atoms with E-state index >= 15 is 0 Å². The van der Waals surface area contributed by atoms with Crippen molar-refractivity contribution in [2.45, 2.75) is 6.18 Å². The summed E-state index contributed by atoms with van der Waals surface area (Å²) in [6, 6.07) is 11.5. The average Bonchev–Trinajstić information content (AvgIpc) is 3.40. The second kappa shape index (κ2) is 8.00. The van der Waals surface area contributed by atoms with Gasteiger partial charge in [0.1, 0.15) is 0 Å². The molecule has 12 heteroatoms. The lowest BCUT2D eigenvalue weighted by atomic mass is 10.1. The summed E-state index contributed by atoms with van der Waals surface area (Å²) in [4.78, 5) is 21.7. The number of carbonyl (C=O) groups is 1. The molecule has 0 fully saturated rings. The van der Waals surface area contributed by atoms with E-state index in [1.165, 1.54) is 35.6 Å². The van der Waals surface area contributed by atoms with Crippen LogP contribution in [0.3, 0.4) is 0 Å². The Kier molecular flexibility index (Phi) is 5.38. The zero-order valence-electron chi connectivity index (χ0n) is 15.3. The number of carbonyl (C=O) groups excluding carboxylic acids is 1. The molecule has 3 heterocycles. The Hall–Kier alpha value is -3.44. The van der Waals surface area contributed by atoms with E-state index < -0.39 is 23.5 Å². The first-order valence-corrected chi connectivity index (χ1v) is 9.81. The van der Waals surface area contributed by atoms with Crippen LogP contribution in [0.1, 0.15) is 21.1 Å². The van der Waals surface area contributed by atoms with Crippen molar-refractivity contribution in [2.75, 3.05) is 0 Å². The molecule has 158 valence electrons. The van der Waals surface area contributed by atoms with Gasteiger partial charge in [-0.05, 0) is 29.6 Å². The number of fused-ring (bicyclic) bond motifs is 1. The molecule has 0 aliphatic rings. The third-order valence-corrected chi connectivity index (χ3v) is 5.21. The topological polar surface area (TPSA) is 94.9 Å². The predicted molar refractivity (Wildman–Crippen MR) is 109 cm³/mol. The van der Waals surface area contributed by atoms with Gasteiger partial charge < -0.3 is 10.6 Å². The third-order valence-electron chi connectivity index (χ3n) is 4.07. The largest absolute Gasteiger partial charge is 0.433 e. The second-order valence-electron chi connectivity index (χ2n) is 6.16. The number of oxime groups is 1. The van der Waals surface area contributed by atoms with E-state index in [9.17, 15) is 18.0 Å².